The van der Waals surface area contributed by atoms with E-state index < -0.39 is 16.4 Å². The number of rotatable bonds is 3. The molecule has 0 spiro atoms. The largest absolute Gasteiger partial charge is 0.450 e. The molecule has 5 nitrogen and oxygen atoms in total. The predicted octanol–water partition coefficient (Wildman–Crippen LogP) is 4.70. The Hall–Kier alpha value is -2.36. The second kappa shape index (κ2) is 5.95. The minimum Gasteiger partial charge on any atom is -0.450 e. The summed E-state index contributed by atoms with van der Waals surface area (Å²) in [6.07, 6.45) is 0. The van der Waals surface area contributed by atoms with Gasteiger partial charge in [0, 0.05) is 18.2 Å². The quantitative estimate of drug-likeness (QED) is 0.604. The fourth-order valence-corrected chi connectivity index (χ4v) is 1.87. The van der Waals surface area contributed by atoms with Gasteiger partial charge < -0.3 is 4.74 Å². The van der Waals surface area contributed by atoms with Gasteiger partial charge in [0.25, 0.3) is 0 Å². The molecule has 0 radical (unpaired) electrons. The SMILES string of the molecule is N#Cc1cc(F)cc(Oc2cc(Cl)c(Cl)cc2[N+](=O)[O-])c1. The monoisotopic (exact) mass is 326 g/mol. The molecular weight excluding hydrogens is 322 g/mol. The van der Waals surface area contributed by atoms with Crippen molar-refractivity contribution < 1.29 is 14.1 Å². The number of nitriles is 1. The van der Waals surface area contributed by atoms with E-state index in [1.54, 1.807) is 6.07 Å². The van der Waals surface area contributed by atoms with Crippen molar-refractivity contribution in [1.82, 2.24) is 0 Å². The highest BCUT2D eigenvalue weighted by molar-refractivity contribution is 6.42. The number of ether oxygens (including phenoxy) is 1. The number of hydrogen-bond donors (Lipinski definition) is 0. The molecule has 0 saturated carbocycles. The molecule has 0 heterocycles. The van der Waals surface area contributed by atoms with E-state index in [2.05, 4.69) is 0 Å². The third-order valence-corrected chi connectivity index (χ3v) is 3.15. The Balaban J connectivity index is 2.49. The lowest BCUT2D eigenvalue weighted by Crippen LogP contribution is -1.95. The third kappa shape index (κ3) is 3.40. The maximum Gasteiger partial charge on any atom is 0.313 e. The first-order valence-corrected chi connectivity index (χ1v) is 6.18. The number of hydrogen-bond acceptors (Lipinski definition) is 4. The van der Waals surface area contributed by atoms with Crippen molar-refractivity contribution >= 4 is 28.9 Å². The second-order valence-corrected chi connectivity index (χ2v) is 4.70. The summed E-state index contributed by atoms with van der Waals surface area (Å²) in [6.45, 7) is 0. The molecule has 2 aromatic rings. The maximum absolute atomic E-state index is 13.3. The molecule has 8 heteroatoms. The van der Waals surface area contributed by atoms with Crippen LogP contribution in [-0.4, -0.2) is 4.92 Å². The molecule has 0 fully saturated rings. The van der Waals surface area contributed by atoms with Crippen LogP contribution in [0.25, 0.3) is 0 Å². The van der Waals surface area contributed by atoms with Crippen molar-refractivity contribution in [1.29, 1.82) is 5.26 Å². The van der Waals surface area contributed by atoms with E-state index in [-0.39, 0.29) is 27.1 Å². The molecule has 0 aromatic heterocycles. The lowest BCUT2D eigenvalue weighted by Gasteiger charge is -2.08. The standard InChI is InChI=1S/C13H5Cl2FN2O3/c14-10-4-12(18(19)20)13(5-11(10)15)21-9-2-7(6-17)1-8(16)3-9/h1-5H. The van der Waals surface area contributed by atoms with Gasteiger partial charge in [-0.2, -0.15) is 5.26 Å². The van der Waals surface area contributed by atoms with Crippen LogP contribution in [0.3, 0.4) is 0 Å². The minimum absolute atomic E-state index is 0.00678. The summed E-state index contributed by atoms with van der Waals surface area (Å²) in [5.74, 6) is -0.969. The fourth-order valence-electron chi connectivity index (χ4n) is 1.56. The first kappa shape index (κ1) is 15.0. The summed E-state index contributed by atoms with van der Waals surface area (Å²) >= 11 is 11.5. The lowest BCUT2D eigenvalue weighted by atomic mass is 10.2. The average Bonchev–Trinajstić information content (AvgIpc) is 2.41. The molecule has 2 aromatic carbocycles. The summed E-state index contributed by atoms with van der Waals surface area (Å²) in [5, 5.41) is 19.8. The molecular formula is C13H5Cl2FN2O3. The van der Waals surface area contributed by atoms with Gasteiger partial charge in [-0.1, -0.05) is 23.2 Å². The van der Waals surface area contributed by atoms with Gasteiger partial charge in [0.05, 0.1) is 26.6 Å². The van der Waals surface area contributed by atoms with Crippen molar-refractivity contribution in [2.75, 3.05) is 0 Å². The van der Waals surface area contributed by atoms with Gasteiger partial charge >= 0.3 is 5.69 Å². The Labute approximate surface area is 128 Å². The van der Waals surface area contributed by atoms with E-state index in [0.29, 0.717) is 0 Å². The van der Waals surface area contributed by atoms with Gasteiger partial charge in [-0.05, 0) is 12.1 Å². The van der Waals surface area contributed by atoms with Crippen LogP contribution in [0, 0.1) is 27.3 Å². The summed E-state index contributed by atoms with van der Waals surface area (Å²) in [6, 6.07) is 7.18. The summed E-state index contributed by atoms with van der Waals surface area (Å²) < 4.78 is 18.6. The summed E-state index contributed by atoms with van der Waals surface area (Å²) in [7, 11) is 0. The van der Waals surface area contributed by atoms with Crippen molar-refractivity contribution in [2.24, 2.45) is 0 Å². The van der Waals surface area contributed by atoms with Gasteiger partial charge in [0.1, 0.15) is 11.6 Å². The van der Waals surface area contributed by atoms with Gasteiger partial charge in [0.15, 0.2) is 0 Å². The fraction of sp³-hybridized carbons (Fsp3) is 0. The van der Waals surface area contributed by atoms with Crippen LogP contribution in [0.4, 0.5) is 10.1 Å². The Bertz CT molecular complexity index is 775. The van der Waals surface area contributed by atoms with E-state index in [1.165, 1.54) is 6.07 Å². The summed E-state index contributed by atoms with van der Waals surface area (Å²) in [5.41, 5.74) is -0.403. The van der Waals surface area contributed by atoms with Crippen molar-refractivity contribution in [3.05, 3.63) is 61.9 Å². The van der Waals surface area contributed by atoms with E-state index in [1.807, 2.05) is 0 Å². The third-order valence-electron chi connectivity index (χ3n) is 2.43. The molecule has 0 amide bonds. The van der Waals surface area contributed by atoms with Crippen LogP contribution < -0.4 is 4.74 Å². The smallest absolute Gasteiger partial charge is 0.313 e. The zero-order valence-corrected chi connectivity index (χ0v) is 11.7. The average molecular weight is 327 g/mol. The predicted molar refractivity (Wildman–Crippen MR) is 74.3 cm³/mol. The maximum atomic E-state index is 13.3. The highest BCUT2D eigenvalue weighted by Crippen LogP contribution is 2.38. The van der Waals surface area contributed by atoms with E-state index in [0.717, 1.165) is 24.3 Å². The first-order valence-electron chi connectivity index (χ1n) is 5.42. The van der Waals surface area contributed by atoms with Crippen molar-refractivity contribution in [3.63, 3.8) is 0 Å². The van der Waals surface area contributed by atoms with Crippen LogP contribution in [0.5, 0.6) is 11.5 Å². The van der Waals surface area contributed by atoms with E-state index in [9.17, 15) is 14.5 Å². The normalized spacial score (nSPS) is 10.0. The Morgan fingerprint density at radius 1 is 1.19 bits per heavy atom. The Morgan fingerprint density at radius 2 is 1.86 bits per heavy atom. The second-order valence-electron chi connectivity index (χ2n) is 3.88. The molecule has 0 atom stereocenters. The van der Waals surface area contributed by atoms with Crippen LogP contribution in [-0.2, 0) is 0 Å². The molecule has 0 unspecified atom stereocenters. The zero-order chi connectivity index (χ0) is 15.6. The number of benzene rings is 2. The zero-order valence-electron chi connectivity index (χ0n) is 10.1. The van der Waals surface area contributed by atoms with Crippen molar-refractivity contribution in [2.45, 2.75) is 0 Å². The van der Waals surface area contributed by atoms with Crippen LogP contribution in [0.1, 0.15) is 5.56 Å². The number of nitro benzene ring substituents is 1. The summed E-state index contributed by atoms with van der Waals surface area (Å²) in [4.78, 5) is 10.3. The molecule has 0 aliphatic carbocycles. The van der Waals surface area contributed by atoms with Crippen LogP contribution in [0.2, 0.25) is 10.0 Å². The topological polar surface area (TPSA) is 76.2 Å². The molecule has 0 bridgehead atoms. The van der Waals surface area contributed by atoms with E-state index >= 15 is 0 Å². The van der Waals surface area contributed by atoms with Gasteiger partial charge in [-0.25, -0.2) is 4.39 Å². The lowest BCUT2D eigenvalue weighted by molar-refractivity contribution is -0.385. The van der Waals surface area contributed by atoms with Gasteiger partial charge in [-0.15, -0.1) is 0 Å². The van der Waals surface area contributed by atoms with Crippen LogP contribution in [0.15, 0.2) is 30.3 Å². The Morgan fingerprint density at radius 3 is 2.48 bits per heavy atom. The highest BCUT2D eigenvalue weighted by atomic mass is 35.5. The first-order chi connectivity index (χ1) is 9.90. The molecule has 0 N–H and O–H groups in total. The molecule has 0 saturated heterocycles. The molecule has 2 rings (SSSR count). The van der Waals surface area contributed by atoms with Crippen LogP contribution >= 0.6 is 23.2 Å². The Kier molecular flexibility index (Phi) is 4.26. The number of nitro groups is 1. The van der Waals surface area contributed by atoms with Crippen molar-refractivity contribution in [3.8, 4) is 17.6 Å². The highest BCUT2D eigenvalue weighted by Gasteiger charge is 2.19. The molecule has 106 valence electrons. The van der Waals surface area contributed by atoms with Gasteiger partial charge in [0.2, 0.25) is 5.75 Å². The molecule has 0 aliphatic rings. The van der Waals surface area contributed by atoms with Gasteiger partial charge in [-0.3, -0.25) is 10.1 Å². The molecule has 21 heavy (non-hydrogen) atoms. The number of halogens is 3. The minimum atomic E-state index is -0.706. The van der Waals surface area contributed by atoms with E-state index in [4.69, 9.17) is 33.2 Å². The number of nitrogens with zero attached hydrogens (tertiary/aromatic N) is 2. The molecule has 0 aliphatic heterocycles.